The second kappa shape index (κ2) is 6.87. The fraction of sp³-hybridized carbons (Fsp3) is 0.600. The highest BCUT2D eigenvalue weighted by Crippen LogP contribution is 2.24. The molecule has 1 aromatic carbocycles. The van der Waals surface area contributed by atoms with E-state index in [9.17, 15) is 9.50 Å². The van der Waals surface area contributed by atoms with Crippen molar-refractivity contribution < 1.29 is 14.2 Å². The number of nitrogens with one attached hydrogen (secondary N) is 1. The lowest BCUT2D eigenvalue weighted by Gasteiger charge is -2.17. The Balaban J connectivity index is 1.64. The van der Waals surface area contributed by atoms with Crippen molar-refractivity contribution >= 4 is 0 Å². The van der Waals surface area contributed by atoms with Crippen LogP contribution in [0.5, 0.6) is 5.75 Å². The molecule has 3 unspecified atom stereocenters. The second-order valence-electron chi connectivity index (χ2n) is 5.44. The van der Waals surface area contributed by atoms with Crippen LogP contribution in [0.2, 0.25) is 0 Å². The predicted octanol–water partition coefficient (Wildman–Crippen LogP) is 2.34. The summed E-state index contributed by atoms with van der Waals surface area (Å²) in [5.74, 6) is 1.07. The lowest BCUT2D eigenvalue weighted by molar-refractivity contribution is 0.103. The maximum atomic E-state index is 12.7. The van der Waals surface area contributed by atoms with Gasteiger partial charge in [0.25, 0.3) is 0 Å². The summed E-state index contributed by atoms with van der Waals surface area (Å²) >= 11 is 0. The smallest absolute Gasteiger partial charge is 0.123 e. The SMILES string of the molecule is CC1CCC(NCC(O)COc2ccc(F)cc2)C1. The van der Waals surface area contributed by atoms with Crippen LogP contribution in [0.4, 0.5) is 4.39 Å². The zero-order valence-corrected chi connectivity index (χ0v) is 11.3. The number of aliphatic hydroxyl groups excluding tert-OH is 1. The van der Waals surface area contributed by atoms with E-state index in [1.807, 2.05) is 0 Å². The molecule has 19 heavy (non-hydrogen) atoms. The Bertz CT molecular complexity index is 382. The molecule has 2 rings (SSSR count). The van der Waals surface area contributed by atoms with E-state index >= 15 is 0 Å². The molecule has 0 aromatic heterocycles. The van der Waals surface area contributed by atoms with Gasteiger partial charge in [0.2, 0.25) is 0 Å². The summed E-state index contributed by atoms with van der Waals surface area (Å²) in [5, 5.41) is 13.2. The zero-order valence-electron chi connectivity index (χ0n) is 11.3. The van der Waals surface area contributed by atoms with Crippen LogP contribution in [0.15, 0.2) is 24.3 Å². The molecule has 1 aliphatic rings. The van der Waals surface area contributed by atoms with Gasteiger partial charge in [-0.3, -0.25) is 0 Å². The number of aliphatic hydroxyl groups is 1. The first-order chi connectivity index (χ1) is 9.13. The second-order valence-corrected chi connectivity index (χ2v) is 5.44. The van der Waals surface area contributed by atoms with E-state index in [2.05, 4.69) is 12.2 Å². The van der Waals surface area contributed by atoms with Crippen molar-refractivity contribution in [2.45, 2.75) is 38.3 Å². The molecule has 0 saturated heterocycles. The minimum absolute atomic E-state index is 0.223. The molecular formula is C15H22FNO2. The van der Waals surface area contributed by atoms with E-state index in [4.69, 9.17) is 4.74 Å². The number of ether oxygens (including phenoxy) is 1. The highest BCUT2D eigenvalue weighted by molar-refractivity contribution is 5.22. The van der Waals surface area contributed by atoms with Crippen LogP contribution in [-0.2, 0) is 0 Å². The molecule has 3 atom stereocenters. The third kappa shape index (κ3) is 4.80. The van der Waals surface area contributed by atoms with Crippen LogP contribution < -0.4 is 10.1 Å². The van der Waals surface area contributed by atoms with Crippen molar-refractivity contribution in [1.82, 2.24) is 5.32 Å². The summed E-state index contributed by atoms with van der Waals surface area (Å²) in [6, 6.07) is 6.35. The molecule has 0 radical (unpaired) electrons. The van der Waals surface area contributed by atoms with E-state index in [-0.39, 0.29) is 12.4 Å². The molecule has 1 aromatic rings. The quantitative estimate of drug-likeness (QED) is 0.831. The Morgan fingerprint density at radius 1 is 1.37 bits per heavy atom. The number of hydrogen-bond donors (Lipinski definition) is 2. The van der Waals surface area contributed by atoms with Crippen LogP contribution in [0.3, 0.4) is 0 Å². The van der Waals surface area contributed by atoms with Crippen molar-refractivity contribution in [3.05, 3.63) is 30.1 Å². The topological polar surface area (TPSA) is 41.5 Å². The van der Waals surface area contributed by atoms with Gasteiger partial charge in [0.15, 0.2) is 0 Å². The average Bonchev–Trinajstić information content (AvgIpc) is 2.81. The summed E-state index contributed by atoms with van der Waals surface area (Å²) in [5.41, 5.74) is 0. The molecule has 106 valence electrons. The van der Waals surface area contributed by atoms with Crippen molar-refractivity contribution in [2.75, 3.05) is 13.2 Å². The van der Waals surface area contributed by atoms with E-state index in [1.54, 1.807) is 12.1 Å². The molecule has 0 aliphatic heterocycles. The Labute approximate surface area is 113 Å². The van der Waals surface area contributed by atoms with Gasteiger partial charge in [-0.2, -0.15) is 0 Å². The third-order valence-electron chi connectivity index (χ3n) is 3.59. The minimum Gasteiger partial charge on any atom is -0.491 e. The largest absolute Gasteiger partial charge is 0.491 e. The third-order valence-corrected chi connectivity index (χ3v) is 3.59. The minimum atomic E-state index is -0.541. The Morgan fingerprint density at radius 3 is 2.74 bits per heavy atom. The standard InChI is InChI=1S/C15H22FNO2/c1-11-2-5-13(8-11)17-9-14(18)10-19-15-6-3-12(16)4-7-15/h3-4,6-7,11,13-14,17-18H,2,5,8-10H2,1H3. The molecule has 1 aliphatic carbocycles. The Kier molecular flexibility index (Phi) is 5.16. The number of hydrogen-bond acceptors (Lipinski definition) is 3. The number of halogens is 1. The first kappa shape index (κ1) is 14.3. The molecular weight excluding hydrogens is 245 g/mol. The Morgan fingerprint density at radius 2 is 2.11 bits per heavy atom. The van der Waals surface area contributed by atoms with Crippen molar-refractivity contribution in [1.29, 1.82) is 0 Å². The molecule has 4 heteroatoms. The monoisotopic (exact) mass is 267 g/mol. The van der Waals surface area contributed by atoms with Crippen molar-refractivity contribution in [3.8, 4) is 5.75 Å². The van der Waals surface area contributed by atoms with E-state index in [0.717, 1.165) is 5.92 Å². The summed E-state index contributed by atoms with van der Waals surface area (Å²) in [6.07, 6.45) is 3.10. The molecule has 0 bridgehead atoms. The maximum Gasteiger partial charge on any atom is 0.123 e. The fourth-order valence-electron chi connectivity index (χ4n) is 2.48. The lowest BCUT2D eigenvalue weighted by Crippen LogP contribution is -2.36. The van der Waals surface area contributed by atoms with Gasteiger partial charge in [0.1, 0.15) is 24.3 Å². The molecule has 2 N–H and O–H groups in total. The molecule has 0 amide bonds. The molecule has 0 spiro atoms. The first-order valence-corrected chi connectivity index (χ1v) is 6.93. The van der Waals surface area contributed by atoms with Gasteiger partial charge in [-0.25, -0.2) is 4.39 Å². The zero-order chi connectivity index (χ0) is 13.7. The molecule has 3 nitrogen and oxygen atoms in total. The van der Waals surface area contributed by atoms with Crippen molar-refractivity contribution in [3.63, 3.8) is 0 Å². The van der Waals surface area contributed by atoms with Crippen LogP contribution in [0.1, 0.15) is 26.2 Å². The van der Waals surface area contributed by atoms with Crippen molar-refractivity contribution in [2.24, 2.45) is 5.92 Å². The van der Waals surface area contributed by atoms with Gasteiger partial charge in [0, 0.05) is 12.6 Å². The highest BCUT2D eigenvalue weighted by atomic mass is 19.1. The Hall–Kier alpha value is -1.13. The fourth-order valence-corrected chi connectivity index (χ4v) is 2.48. The normalized spacial score (nSPS) is 24.4. The molecule has 1 saturated carbocycles. The van der Waals surface area contributed by atoms with Crippen LogP contribution in [0.25, 0.3) is 0 Å². The van der Waals surface area contributed by atoms with Gasteiger partial charge in [0.05, 0.1) is 0 Å². The maximum absolute atomic E-state index is 12.7. The van der Waals surface area contributed by atoms with Crippen LogP contribution in [-0.4, -0.2) is 30.4 Å². The van der Waals surface area contributed by atoms with Crippen LogP contribution in [0, 0.1) is 11.7 Å². The number of rotatable bonds is 6. The van der Waals surface area contributed by atoms with Gasteiger partial charge in [-0.15, -0.1) is 0 Å². The van der Waals surface area contributed by atoms with E-state index in [1.165, 1.54) is 31.4 Å². The summed E-state index contributed by atoms with van der Waals surface area (Å²) in [6.45, 7) is 3.02. The molecule has 1 fully saturated rings. The van der Waals surface area contributed by atoms with Gasteiger partial charge in [-0.1, -0.05) is 6.92 Å². The van der Waals surface area contributed by atoms with Crippen LogP contribution >= 0.6 is 0 Å². The van der Waals surface area contributed by atoms with E-state index < -0.39 is 6.10 Å². The first-order valence-electron chi connectivity index (χ1n) is 6.93. The summed E-state index contributed by atoms with van der Waals surface area (Å²) < 4.78 is 18.1. The predicted molar refractivity (Wildman–Crippen MR) is 72.7 cm³/mol. The number of benzene rings is 1. The average molecular weight is 267 g/mol. The van der Waals surface area contributed by atoms with Gasteiger partial charge < -0.3 is 15.2 Å². The molecule has 0 heterocycles. The summed E-state index contributed by atoms with van der Waals surface area (Å²) in [7, 11) is 0. The lowest BCUT2D eigenvalue weighted by atomic mass is 10.1. The summed E-state index contributed by atoms with van der Waals surface area (Å²) in [4.78, 5) is 0. The highest BCUT2D eigenvalue weighted by Gasteiger charge is 2.21. The van der Waals surface area contributed by atoms with Gasteiger partial charge in [-0.05, 0) is 49.4 Å². The van der Waals surface area contributed by atoms with Gasteiger partial charge >= 0.3 is 0 Å². The van der Waals surface area contributed by atoms with E-state index in [0.29, 0.717) is 18.3 Å².